The maximum absolute atomic E-state index is 6.03. The number of aromatic nitrogens is 2. The van der Waals surface area contributed by atoms with Gasteiger partial charge in [0.1, 0.15) is 5.82 Å². The van der Waals surface area contributed by atoms with Crippen molar-refractivity contribution in [2.45, 2.75) is 38.8 Å². The van der Waals surface area contributed by atoms with Crippen LogP contribution in [0.15, 0.2) is 47.7 Å². The van der Waals surface area contributed by atoms with E-state index < -0.39 is 0 Å². The van der Waals surface area contributed by atoms with E-state index >= 15 is 0 Å². The van der Waals surface area contributed by atoms with Gasteiger partial charge in [0.05, 0.1) is 6.54 Å². The number of hydrogen-bond donors (Lipinski definition) is 2. The molecule has 1 atom stereocenters. The number of halogens is 1. The van der Waals surface area contributed by atoms with E-state index in [1.54, 1.807) is 0 Å². The van der Waals surface area contributed by atoms with Gasteiger partial charge in [-0.05, 0) is 31.5 Å². The molecule has 0 aliphatic carbocycles. The number of hydrogen-bond acceptors (Lipinski definition) is 3. The highest BCUT2D eigenvalue weighted by Gasteiger charge is 2.22. The van der Waals surface area contributed by atoms with Gasteiger partial charge in [-0.25, -0.2) is 4.98 Å². The lowest BCUT2D eigenvalue weighted by atomic mass is 10.2. The number of nitrogens with one attached hydrogen (secondary N) is 1. The van der Waals surface area contributed by atoms with Crippen molar-refractivity contribution in [1.82, 2.24) is 19.8 Å². The normalized spacial score (nSPS) is 17.7. The monoisotopic (exact) mass is 482 g/mol. The Morgan fingerprint density at radius 2 is 2.15 bits per heavy atom. The van der Waals surface area contributed by atoms with E-state index in [0.717, 1.165) is 38.4 Å². The Balaban J connectivity index is 0.00000261. The molecule has 148 valence electrons. The van der Waals surface area contributed by atoms with Crippen molar-refractivity contribution in [2.75, 3.05) is 26.2 Å². The zero-order valence-corrected chi connectivity index (χ0v) is 18.4. The maximum atomic E-state index is 6.03. The zero-order valence-electron chi connectivity index (χ0n) is 16.1. The van der Waals surface area contributed by atoms with Crippen molar-refractivity contribution < 1.29 is 0 Å². The van der Waals surface area contributed by atoms with Gasteiger partial charge in [-0.15, -0.1) is 24.0 Å². The zero-order chi connectivity index (χ0) is 18.2. The predicted molar refractivity (Wildman–Crippen MR) is 122 cm³/mol. The molecule has 0 bridgehead atoms. The van der Waals surface area contributed by atoms with Gasteiger partial charge in [0.15, 0.2) is 5.96 Å². The number of likely N-dealkylation sites (tertiary alicyclic amines) is 1. The lowest BCUT2D eigenvalue weighted by molar-refractivity contribution is 0.273. The van der Waals surface area contributed by atoms with E-state index in [2.05, 4.69) is 55.9 Å². The third kappa shape index (κ3) is 6.49. The smallest absolute Gasteiger partial charge is 0.188 e. The van der Waals surface area contributed by atoms with Gasteiger partial charge in [0, 0.05) is 37.9 Å². The average molecular weight is 482 g/mol. The molecule has 0 spiro atoms. The Morgan fingerprint density at radius 1 is 1.33 bits per heavy atom. The minimum Gasteiger partial charge on any atom is -0.370 e. The summed E-state index contributed by atoms with van der Waals surface area (Å²) in [5.74, 6) is 1.59. The van der Waals surface area contributed by atoms with Crippen LogP contribution in [0.4, 0.5) is 0 Å². The number of benzene rings is 1. The SMILES string of the molecule is CCN1CCCC1CN=C(N)NCCc1nccn1Cc1ccccc1.I. The minimum absolute atomic E-state index is 0. The largest absolute Gasteiger partial charge is 0.370 e. The molecule has 27 heavy (non-hydrogen) atoms. The van der Waals surface area contributed by atoms with Gasteiger partial charge in [0.2, 0.25) is 0 Å². The number of imidazole rings is 1. The highest BCUT2D eigenvalue weighted by Crippen LogP contribution is 2.16. The summed E-state index contributed by atoms with van der Waals surface area (Å²) in [6.45, 7) is 6.86. The van der Waals surface area contributed by atoms with Crippen LogP contribution >= 0.6 is 24.0 Å². The van der Waals surface area contributed by atoms with Gasteiger partial charge < -0.3 is 15.6 Å². The van der Waals surface area contributed by atoms with E-state index in [4.69, 9.17) is 5.73 Å². The summed E-state index contributed by atoms with van der Waals surface area (Å²) in [6.07, 6.45) is 7.20. The lowest BCUT2D eigenvalue weighted by Crippen LogP contribution is -2.36. The molecule has 1 aliphatic rings. The second-order valence-corrected chi connectivity index (χ2v) is 6.78. The molecular weight excluding hydrogens is 451 g/mol. The van der Waals surface area contributed by atoms with Crippen LogP contribution in [0, 0.1) is 0 Å². The van der Waals surface area contributed by atoms with E-state index in [9.17, 15) is 0 Å². The lowest BCUT2D eigenvalue weighted by Gasteiger charge is -2.20. The maximum Gasteiger partial charge on any atom is 0.188 e. The fourth-order valence-corrected chi connectivity index (χ4v) is 3.57. The highest BCUT2D eigenvalue weighted by atomic mass is 127. The summed E-state index contributed by atoms with van der Waals surface area (Å²) in [5.41, 5.74) is 7.31. The van der Waals surface area contributed by atoms with Gasteiger partial charge in [-0.3, -0.25) is 9.89 Å². The molecule has 2 aromatic rings. The second-order valence-electron chi connectivity index (χ2n) is 6.78. The molecule has 3 N–H and O–H groups in total. The summed E-state index contributed by atoms with van der Waals surface area (Å²) in [7, 11) is 0. The van der Waals surface area contributed by atoms with Crippen molar-refractivity contribution in [3.05, 3.63) is 54.1 Å². The van der Waals surface area contributed by atoms with Crippen molar-refractivity contribution >= 4 is 29.9 Å². The molecule has 1 unspecified atom stereocenters. The Bertz CT molecular complexity index is 700. The van der Waals surface area contributed by atoms with Crippen LogP contribution in [-0.2, 0) is 13.0 Å². The molecule has 1 aromatic carbocycles. The number of nitrogens with two attached hydrogens (primary N) is 1. The number of rotatable bonds is 8. The predicted octanol–water partition coefficient (Wildman–Crippen LogP) is 2.48. The molecule has 1 aromatic heterocycles. The van der Waals surface area contributed by atoms with Gasteiger partial charge in [-0.1, -0.05) is 37.3 Å². The topological polar surface area (TPSA) is 71.5 Å². The third-order valence-electron chi connectivity index (χ3n) is 5.03. The first-order chi connectivity index (χ1) is 12.8. The summed E-state index contributed by atoms with van der Waals surface area (Å²) in [5, 5.41) is 3.22. The fraction of sp³-hybridized carbons (Fsp3) is 0.500. The van der Waals surface area contributed by atoms with Crippen LogP contribution in [0.25, 0.3) is 0 Å². The summed E-state index contributed by atoms with van der Waals surface area (Å²) < 4.78 is 2.18. The third-order valence-corrected chi connectivity index (χ3v) is 5.03. The summed E-state index contributed by atoms with van der Waals surface area (Å²) in [4.78, 5) is 11.5. The Morgan fingerprint density at radius 3 is 2.93 bits per heavy atom. The Labute approximate surface area is 179 Å². The molecule has 2 heterocycles. The Hall–Kier alpha value is -1.61. The molecule has 6 nitrogen and oxygen atoms in total. The number of guanidine groups is 1. The van der Waals surface area contributed by atoms with Crippen molar-refractivity contribution in [3.8, 4) is 0 Å². The molecule has 0 saturated carbocycles. The number of likely N-dealkylation sites (N-methyl/N-ethyl adjacent to an activating group) is 1. The van der Waals surface area contributed by atoms with Gasteiger partial charge >= 0.3 is 0 Å². The van der Waals surface area contributed by atoms with Gasteiger partial charge in [0.25, 0.3) is 0 Å². The molecule has 1 saturated heterocycles. The Kier molecular flexibility index (Phi) is 9.06. The van der Waals surface area contributed by atoms with Crippen molar-refractivity contribution in [1.29, 1.82) is 0 Å². The first kappa shape index (κ1) is 21.7. The summed E-state index contributed by atoms with van der Waals surface area (Å²) in [6, 6.07) is 11.0. The molecule has 7 heteroatoms. The second kappa shape index (κ2) is 11.3. The summed E-state index contributed by atoms with van der Waals surface area (Å²) >= 11 is 0. The molecule has 1 aliphatic heterocycles. The standard InChI is InChI=1S/C20H30N6.HI/c1-2-25-13-6-9-18(25)15-24-20(21)23-11-10-19-22-12-14-26(19)16-17-7-4-3-5-8-17;/h3-5,7-8,12,14,18H,2,6,9-11,13,15-16H2,1H3,(H3,21,23,24);1H. The van der Waals surface area contributed by atoms with E-state index in [1.165, 1.54) is 24.9 Å². The van der Waals surface area contributed by atoms with Crippen LogP contribution in [0.2, 0.25) is 0 Å². The van der Waals surface area contributed by atoms with Crippen molar-refractivity contribution in [2.24, 2.45) is 10.7 Å². The van der Waals surface area contributed by atoms with Crippen LogP contribution < -0.4 is 11.1 Å². The molecular formula is C20H31IN6. The first-order valence-electron chi connectivity index (χ1n) is 9.58. The van der Waals surface area contributed by atoms with Gasteiger partial charge in [-0.2, -0.15) is 0 Å². The van der Waals surface area contributed by atoms with E-state index in [0.29, 0.717) is 12.0 Å². The molecule has 0 amide bonds. The van der Waals surface area contributed by atoms with Crippen molar-refractivity contribution in [3.63, 3.8) is 0 Å². The molecule has 3 rings (SSSR count). The highest BCUT2D eigenvalue weighted by molar-refractivity contribution is 14.0. The number of nitrogens with zero attached hydrogens (tertiary/aromatic N) is 4. The van der Waals surface area contributed by atoms with Crippen LogP contribution in [0.1, 0.15) is 31.2 Å². The van der Waals surface area contributed by atoms with E-state index in [1.807, 2.05) is 18.5 Å². The minimum atomic E-state index is 0. The molecule has 1 fully saturated rings. The molecule has 0 radical (unpaired) electrons. The first-order valence-corrected chi connectivity index (χ1v) is 9.58. The van der Waals surface area contributed by atoms with E-state index in [-0.39, 0.29) is 24.0 Å². The average Bonchev–Trinajstić information content (AvgIpc) is 3.30. The number of aliphatic imine (C=N–C) groups is 1. The quantitative estimate of drug-likeness (QED) is 0.345. The van der Waals surface area contributed by atoms with Crippen LogP contribution in [0.5, 0.6) is 0 Å². The fourth-order valence-electron chi connectivity index (χ4n) is 3.57. The van der Waals surface area contributed by atoms with Crippen LogP contribution in [-0.4, -0.2) is 52.6 Å². The van der Waals surface area contributed by atoms with Crippen LogP contribution in [0.3, 0.4) is 0 Å².